The fourth-order valence-corrected chi connectivity index (χ4v) is 4.63. The van der Waals surface area contributed by atoms with Gasteiger partial charge in [-0.25, -0.2) is 0 Å². The molecule has 5 nitrogen and oxygen atoms in total. The highest BCUT2D eigenvalue weighted by molar-refractivity contribution is 7.99. The summed E-state index contributed by atoms with van der Waals surface area (Å²) in [5.41, 5.74) is 2.81. The molecule has 0 aliphatic rings. The summed E-state index contributed by atoms with van der Waals surface area (Å²) < 4.78 is 1.98. The van der Waals surface area contributed by atoms with Gasteiger partial charge in [-0.2, -0.15) is 0 Å². The Hall–Kier alpha value is -3.61. The number of carbonyl (C=O) groups is 1. The molecule has 0 spiro atoms. The van der Waals surface area contributed by atoms with Crippen molar-refractivity contribution in [1.82, 2.24) is 14.8 Å². The number of hydrogen-bond donors (Lipinski definition) is 1. The maximum atomic E-state index is 12.7. The van der Waals surface area contributed by atoms with E-state index in [2.05, 4.69) is 27.6 Å². The third kappa shape index (κ3) is 5.14. The van der Waals surface area contributed by atoms with Gasteiger partial charge >= 0.3 is 0 Å². The van der Waals surface area contributed by atoms with Crippen molar-refractivity contribution in [2.75, 3.05) is 11.1 Å². The first kappa shape index (κ1) is 22.2. The van der Waals surface area contributed by atoms with E-state index in [9.17, 15) is 4.79 Å². The highest BCUT2D eigenvalue weighted by atomic mass is 35.5. The SMILES string of the molecule is O=C(CSc1nnc(Cc2ccccc2)n1-c1ccc(Cl)cc1)Nc1ccc2ccccc2c1. The van der Waals surface area contributed by atoms with Crippen LogP contribution in [0.4, 0.5) is 5.69 Å². The lowest BCUT2D eigenvalue weighted by atomic mass is 10.1. The first-order chi connectivity index (χ1) is 16.7. The van der Waals surface area contributed by atoms with Crippen LogP contribution in [0.15, 0.2) is 102 Å². The number of rotatable bonds is 7. The maximum Gasteiger partial charge on any atom is 0.234 e. The average molecular weight is 485 g/mol. The van der Waals surface area contributed by atoms with Crippen LogP contribution in [0.5, 0.6) is 0 Å². The molecule has 0 aliphatic heterocycles. The molecule has 1 amide bonds. The molecule has 0 saturated carbocycles. The molecule has 34 heavy (non-hydrogen) atoms. The maximum absolute atomic E-state index is 12.7. The van der Waals surface area contributed by atoms with Crippen molar-refractivity contribution < 1.29 is 4.79 Å². The quantitative estimate of drug-likeness (QED) is 0.272. The number of aromatic nitrogens is 3. The van der Waals surface area contributed by atoms with Gasteiger partial charge in [0, 0.05) is 22.8 Å². The Kier molecular flexibility index (Phi) is 6.60. The van der Waals surface area contributed by atoms with Crippen LogP contribution in [0.3, 0.4) is 0 Å². The highest BCUT2D eigenvalue weighted by Gasteiger charge is 2.16. The largest absolute Gasteiger partial charge is 0.325 e. The van der Waals surface area contributed by atoms with E-state index in [1.807, 2.05) is 89.5 Å². The van der Waals surface area contributed by atoms with Gasteiger partial charge in [0.2, 0.25) is 5.91 Å². The fourth-order valence-electron chi connectivity index (χ4n) is 3.73. The summed E-state index contributed by atoms with van der Waals surface area (Å²) in [7, 11) is 0. The van der Waals surface area contributed by atoms with Crippen LogP contribution in [0.1, 0.15) is 11.4 Å². The summed E-state index contributed by atoms with van der Waals surface area (Å²) in [4.78, 5) is 12.7. The third-order valence-electron chi connectivity index (χ3n) is 5.36. The smallest absolute Gasteiger partial charge is 0.234 e. The van der Waals surface area contributed by atoms with Crippen molar-refractivity contribution >= 4 is 45.7 Å². The lowest BCUT2D eigenvalue weighted by Gasteiger charge is -2.11. The van der Waals surface area contributed by atoms with E-state index < -0.39 is 0 Å². The van der Waals surface area contributed by atoms with Gasteiger partial charge < -0.3 is 5.32 Å². The van der Waals surface area contributed by atoms with Crippen molar-refractivity contribution in [1.29, 1.82) is 0 Å². The number of amides is 1. The second-order valence-electron chi connectivity index (χ2n) is 7.77. The predicted molar refractivity (Wildman–Crippen MR) is 139 cm³/mol. The Labute approximate surface area is 206 Å². The lowest BCUT2D eigenvalue weighted by molar-refractivity contribution is -0.113. The number of carbonyl (C=O) groups excluding carboxylic acids is 1. The zero-order valence-electron chi connectivity index (χ0n) is 18.2. The van der Waals surface area contributed by atoms with Gasteiger partial charge in [0.25, 0.3) is 0 Å². The van der Waals surface area contributed by atoms with E-state index in [0.29, 0.717) is 16.6 Å². The number of nitrogens with zero attached hydrogens (tertiary/aromatic N) is 3. The van der Waals surface area contributed by atoms with Gasteiger partial charge in [-0.3, -0.25) is 9.36 Å². The first-order valence-electron chi connectivity index (χ1n) is 10.8. The Balaban J connectivity index is 1.35. The minimum absolute atomic E-state index is 0.101. The number of nitrogens with one attached hydrogen (secondary N) is 1. The van der Waals surface area contributed by atoms with Crippen LogP contribution in [-0.2, 0) is 11.2 Å². The van der Waals surface area contributed by atoms with Crippen LogP contribution in [0.2, 0.25) is 5.02 Å². The van der Waals surface area contributed by atoms with Crippen molar-refractivity contribution in [3.8, 4) is 5.69 Å². The molecule has 0 atom stereocenters. The zero-order valence-corrected chi connectivity index (χ0v) is 19.8. The zero-order chi connectivity index (χ0) is 23.3. The van der Waals surface area contributed by atoms with Gasteiger partial charge in [-0.05, 0) is 52.7 Å². The molecule has 7 heteroatoms. The van der Waals surface area contributed by atoms with Crippen molar-refractivity contribution in [3.63, 3.8) is 0 Å². The van der Waals surface area contributed by atoms with Gasteiger partial charge in [0.1, 0.15) is 5.82 Å². The molecule has 0 bridgehead atoms. The van der Waals surface area contributed by atoms with E-state index in [1.165, 1.54) is 11.8 Å². The van der Waals surface area contributed by atoms with Crippen LogP contribution in [0, 0.1) is 0 Å². The minimum atomic E-state index is -0.101. The second kappa shape index (κ2) is 10.1. The normalized spacial score (nSPS) is 11.0. The topological polar surface area (TPSA) is 59.8 Å². The van der Waals surface area contributed by atoms with E-state index in [4.69, 9.17) is 11.6 Å². The number of hydrogen-bond acceptors (Lipinski definition) is 4. The lowest BCUT2D eigenvalue weighted by Crippen LogP contribution is -2.14. The summed E-state index contributed by atoms with van der Waals surface area (Å²) in [6, 6.07) is 31.6. The van der Waals surface area contributed by atoms with Crippen molar-refractivity contribution in [2.24, 2.45) is 0 Å². The average Bonchev–Trinajstić information content (AvgIpc) is 3.26. The molecule has 168 valence electrons. The molecule has 0 radical (unpaired) electrons. The van der Waals surface area contributed by atoms with E-state index >= 15 is 0 Å². The molecule has 4 aromatic carbocycles. The molecule has 5 aromatic rings. The molecule has 1 heterocycles. The monoisotopic (exact) mass is 484 g/mol. The molecule has 0 fully saturated rings. The molecule has 1 aromatic heterocycles. The fraction of sp³-hybridized carbons (Fsp3) is 0.0741. The Morgan fingerprint density at radius 1 is 0.853 bits per heavy atom. The minimum Gasteiger partial charge on any atom is -0.325 e. The van der Waals surface area contributed by atoms with Crippen molar-refractivity contribution in [3.05, 3.63) is 113 Å². The van der Waals surface area contributed by atoms with Crippen LogP contribution in [0.25, 0.3) is 16.5 Å². The molecule has 1 N–H and O–H groups in total. The first-order valence-corrected chi connectivity index (χ1v) is 12.2. The Morgan fingerprint density at radius 3 is 2.38 bits per heavy atom. The Bertz CT molecular complexity index is 1430. The summed E-state index contributed by atoms with van der Waals surface area (Å²) >= 11 is 7.45. The van der Waals surface area contributed by atoms with Crippen molar-refractivity contribution in [2.45, 2.75) is 11.6 Å². The molecular formula is C27H21ClN4OS. The number of benzene rings is 4. The number of thioether (sulfide) groups is 1. The van der Waals surface area contributed by atoms with Crippen LogP contribution < -0.4 is 5.32 Å². The standard InChI is InChI=1S/C27H21ClN4OS/c28-22-11-14-24(15-12-22)32-25(16-19-6-2-1-3-7-19)30-31-27(32)34-18-26(33)29-23-13-10-20-8-4-5-9-21(20)17-23/h1-15,17H,16,18H2,(H,29,33). The molecule has 0 saturated heterocycles. The summed E-state index contributed by atoms with van der Waals surface area (Å²) in [5.74, 6) is 0.908. The van der Waals surface area contributed by atoms with E-state index in [-0.39, 0.29) is 11.7 Å². The summed E-state index contributed by atoms with van der Waals surface area (Å²) in [6.45, 7) is 0. The van der Waals surface area contributed by atoms with E-state index in [0.717, 1.165) is 33.5 Å². The third-order valence-corrected chi connectivity index (χ3v) is 6.54. The number of fused-ring (bicyclic) bond motifs is 1. The highest BCUT2D eigenvalue weighted by Crippen LogP contribution is 2.25. The van der Waals surface area contributed by atoms with Crippen LogP contribution >= 0.6 is 23.4 Å². The molecule has 0 unspecified atom stereocenters. The van der Waals surface area contributed by atoms with Gasteiger partial charge in [0.05, 0.1) is 5.75 Å². The predicted octanol–water partition coefficient (Wildman–Crippen LogP) is 6.40. The van der Waals surface area contributed by atoms with Gasteiger partial charge in [-0.15, -0.1) is 10.2 Å². The van der Waals surface area contributed by atoms with E-state index in [1.54, 1.807) is 0 Å². The summed E-state index contributed by atoms with van der Waals surface area (Å²) in [6.07, 6.45) is 0.625. The van der Waals surface area contributed by atoms with Gasteiger partial charge in [0.15, 0.2) is 5.16 Å². The summed E-state index contributed by atoms with van der Waals surface area (Å²) in [5, 5.41) is 15.3. The molecule has 0 aliphatic carbocycles. The molecular weight excluding hydrogens is 464 g/mol. The number of anilines is 1. The second-order valence-corrected chi connectivity index (χ2v) is 9.15. The molecule has 5 rings (SSSR count). The Morgan fingerprint density at radius 2 is 1.59 bits per heavy atom. The van der Waals surface area contributed by atoms with Crippen LogP contribution in [-0.4, -0.2) is 26.4 Å². The van der Waals surface area contributed by atoms with Gasteiger partial charge in [-0.1, -0.05) is 84.0 Å². The number of halogens is 1.